The molecule has 12 heteroatoms. The standard InChI is InChI=1S/C23H29Cl2N5O4S/c1-3-28-6-8-29(9-7-28)21(32)13-17-15-35-23(26-17)27-20(31)14-30(10-11-34-2)22(33)18-5-4-16(24)12-19(18)25/h4-5,12,15H,3,6-11,13-14H2,1-2H3,(H,26,27,31). The number of anilines is 1. The van der Waals surface area contributed by atoms with Gasteiger partial charge in [0.2, 0.25) is 11.8 Å². The molecule has 1 N–H and O–H groups in total. The van der Waals surface area contributed by atoms with Crippen molar-refractivity contribution in [2.45, 2.75) is 13.3 Å². The molecule has 1 aliphatic rings. The number of hydrogen-bond donors (Lipinski definition) is 1. The van der Waals surface area contributed by atoms with Gasteiger partial charge in [0.05, 0.1) is 29.3 Å². The first-order chi connectivity index (χ1) is 16.8. The number of hydrogen-bond acceptors (Lipinski definition) is 7. The van der Waals surface area contributed by atoms with Crippen LogP contribution in [0, 0.1) is 0 Å². The number of rotatable bonds is 10. The van der Waals surface area contributed by atoms with Gasteiger partial charge in [-0.15, -0.1) is 11.3 Å². The van der Waals surface area contributed by atoms with E-state index in [1.54, 1.807) is 11.4 Å². The van der Waals surface area contributed by atoms with Gasteiger partial charge in [-0.1, -0.05) is 30.1 Å². The number of carbonyl (C=O) groups excluding carboxylic acids is 3. The van der Waals surface area contributed by atoms with Gasteiger partial charge in [0.25, 0.3) is 5.91 Å². The Morgan fingerprint density at radius 3 is 2.60 bits per heavy atom. The van der Waals surface area contributed by atoms with E-state index in [4.69, 9.17) is 27.9 Å². The Labute approximate surface area is 218 Å². The number of likely N-dealkylation sites (N-methyl/N-ethyl adjacent to an activating group) is 1. The fourth-order valence-corrected chi connectivity index (χ4v) is 4.86. The summed E-state index contributed by atoms with van der Waals surface area (Å²) in [7, 11) is 1.51. The van der Waals surface area contributed by atoms with Crippen molar-refractivity contribution in [3.63, 3.8) is 0 Å². The Morgan fingerprint density at radius 2 is 1.94 bits per heavy atom. The van der Waals surface area contributed by atoms with Crippen molar-refractivity contribution in [3.8, 4) is 0 Å². The van der Waals surface area contributed by atoms with Crippen LogP contribution in [0.1, 0.15) is 23.0 Å². The minimum absolute atomic E-state index is 0.0279. The third-order valence-electron chi connectivity index (χ3n) is 5.65. The van der Waals surface area contributed by atoms with E-state index in [1.165, 1.54) is 35.5 Å². The second kappa shape index (κ2) is 13.2. The molecule has 2 heterocycles. The third kappa shape index (κ3) is 7.88. The van der Waals surface area contributed by atoms with Gasteiger partial charge in [0.15, 0.2) is 5.13 Å². The highest BCUT2D eigenvalue weighted by atomic mass is 35.5. The molecule has 0 radical (unpaired) electrons. The number of nitrogens with one attached hydrogen (secondary N) is 1. The summed E-state index contributed by atoms with van der Waals surface area (Å²) in [5.74, 6) is -0.796. The van der Waals surface area contributed by atoms with Crippen molar-refractivity contribution in [3.05, 3.63) is 44.9 Å². The number of nitrogens with zero attached hydrogens (tertiary/aromatic N) is 4. The van der Waals surface area contributed by atoms with Crippen LogP contribution < -0.4 is 5.32 Å². The molecular formula is C23H29Cl2N5O4S. The molecule has 3 amide bonds. The lowest BCUT2D eigenvalue weighted by molar-refractivity contribution is -0.132. The maximum Gasteiger partial charge on any atom is 0.255 e. The Bertz CT molecular complexity index is 1040. The Hall–Kier alpha value is -2.24. The highest BCUT2D eigenvalue weighted by Crippen LogP contribution is 2.23. The van der Waals surface area contributed by atoms with Gasteiger partial charge in [0.1, 0.15) is 6.54 Å². The lowest BCUT2D eigenvalue weighted by Crippen LogP contribution is -2.48. The topological polar surface area (TPSA) is 95.1 Å². The minimum atomic E-state index is -0.414. The van der Waals surface area contributed by atoms with E-state index in [-0.39, 0.29) is 42.6 Å². The van der Waals surface area contributed by atoms with Gasteiger partial charge < -0.3 is 24.8 Å². The van der Waals surface area contributed by atoms with E-state index >= 15 is 0 Å². The average molecular weight is 542 g/mol. The van der Waals surface area contributed by atoms with Gasteiger partial charge in [-0.3, -0.25) is 14.4 Å². The van der Waals surface area contributed by atoms with Crippen molar-refractivity contribution >= 4 is 57.4 Å². The second-order valence-corrected chi connectivity index (χ2v) is 9.73. The fraction of sp³-hybridized carbons (Fsp3) is 0.478. The van der Waals surface area contributed by atoms with Crippen LogP contribution in [0.15, 0.2) is 23.6 Å². The van der Waals surface area contributed by atoms with Crippen LogP contribution in [0.25, 0.3) is 0 Å². The average Bonchev–Trinajstić information content (AvgIpc) is 3.27. The van der Waals surface area contributed by atoms with Crippen molar-refractivity contribution in [1.82, 2.24) is 19.7 Å². The summed E-state index contributed by atoms with van der Waals surface area (Å²) in [5, 5.41) is 5.46. The van der Waals surface area contributed by atoms with Gasteiger partial charge >= 0.3 is 0 Å². The molecule has 2 aromatic rings. The van der Waals surface area contributed by atoms with E-state index in [0.29, 0.717) is 28.9 Å². The molecule has 0 atom stereocenters. The Kier molecular flexibility index (Phi) is 10.3. The van der Waals surface area contributed by atoms with Crippen molar-refractivity contribution in [2.75, 3.05) is 64.8 Å². The van der Waals surface area contributed by atoms with Crippen LogP contribution in [0.3, 0.4) is 0 Å². The van der Waals surface area contributed by atoms with E-state index < -0.39 is 11.8 Å². The number of piperazine rings is 1. The first-order valence-corrected chi connectivity index (χ1v) is 12.9. The van der Waals surface area contributed by atoms with Crippen LogP contribution >= 0.6 is 34.5 Å². The normalized spacial score (nSPS) is 14.1. The summed E-state index contributed by atoms with van der Waals surface area (Å²) in [6.45, 7) is 6.51. The molecule has 1 fully saturated rings. The van der Waals surface area contributed by atoms with Crippen molar-refractivity contribution in [2.24, 2.45) is 0 Å². The summed E-state index contributed by atoms with van der Waals surface area (Å²) in [5.41, 5.74) is 0.850. The minimum Gasteiger partial charge on any atom is -0.383 e. The number of aromatic nitrogens is 1. The maximum atomic E-state index is 13.0. The number of benzene rings is 1. The van der Waals surface area contributed by atoms with Crippen LogP contribution in [0.4, 0.5) is 5.13 Å². The maximum absolute atomic E-state index is 13.0. The summed E-state index contributed by atoms with van der Waals surface area (Å²) < 4.78 is 5.08. The van der Waals surface area contributed by atoms with Crippen molar-refractivity contribution < 1.29 is 19.1 Å². The molecule has 1 saturated heterocycles. The first-order valence-electron chi connectivity index (χ1n) is 11.3. The number of amides is 3. The Balaban J connectivity index is 1.57. The number of halogens is 2. The third-order valence-corrected chi connectivity index (χ3v) is 7.01. The van der Waals surface area contributed by atoms with Crippen molar-refractivity contribution in [1.29, 1.82) is 0 Å². The monoisotopic (exact) mass is 541 g/mol. The summed E-state index contributed by atoms with van der Waals surface area (Å²) in [6, 6.07) is 4.57. The highest BCUT2D eigenvalue weighted by molar-refractivity contribution is 7.13. The molecule has 0 aliphatic carbocycles. The number of thiazole rings is 1. The van der Waals surface area contributed by atoms with Crippen LogP contribution in [0.5, 0.6) is 0 Å². The van der Waals surface area contributed by atoms with Gasteiger partial charge in [0, 0.05) is 50.2 Å². The van der Waals surface area contributed by atoms with Crippen LogP contribution in [-0.2, 0) is 20.7 Å². The van der Waals surface area contributed by atoms with Gasteiger partial charge in [-0.05, 0) is 24.7 Å². The zero-order chi connectivity index (χ0) is 25.4. The summed E-state index contributed by atoms with van der Waals surface area (Å²) in [6.07, 6.45) is 0.187. The molecule has 1 aromatic carbocycles. The fourth-order valence-electron chi connectivity index (χ4n) is 3.65. The molecule has 1 aromatic heterocycles. The SMILES string of the molecule is CCN1CCN(C(=O)Cc2csc(NC(=O)CN(CCOC)C(=O)c3ccc(Cl)cc3Cl)n2)CC1. The number of ether oxygens (including phenoxy) is 1. The lowest BCUT2D eigenvalue weighted by Gasteiger charge is -2.34. The summed E-state index contributed by atoms with van der Waals surface area (Å²) >= 11 is 13.3. The molecular weight excluding hydrogens is 513 g/mol. The lowest BCUT2D eigenvalue weighted by atomic mass is 10.2. The van der Waals surface area contributed by atoms with E-state index in [2.05, 4.69) is 22.1 Å². The predicted molar refractivity (Wildman–Crippen MR) is 137 cm³/mol. The molecule has 0 bridgehead atoms. The van der Waals surface area contributed by atoms with Crippen LogP contribution in [-0.4, -0.2) is 96.9 Å². The largest absolute Gasteiger partial charge is 0.383 e. The smallest absolute Gasteiger partial charge is 0.255 e. The van der Waals surface area contributed by atoms with E-state index in [9.17, 15) is 14.4 Å². The zero-order valence-corrected chi connectivity index (χ0v) is 22.1. The molecule has 9 nitrogen and oxygen atoms in total. The highest BCUT2D eigenvalue weighted by Gasteiger charge is 2.23. The van der Waals surface area contributed by atoms with Crippen LogP contribution in [0.2, 0.25) is 10.0 Å². The molecule has 35 heavy (non-hydrogen) atoms. The quantitative estimate of drug-likeness (QED) is 0.496. The first kappa shape index (κ1) is 27.3. The summed E-state index contributed by atoms with van der Waals surface area (Å²) in [4.78, 5) is 48.2. The molecule has 3 rings (SSSR count). The predicted octanol–water partition coefficient (Wildman–Crippen LogP) is 2.88. The molecule has 0 saturated carbocycles. The number of carbonyl (C=O) groups is 3. The molecule has 190 valence electrons. The van der Waals surface area contributed by atoms with Gasteiger partial charge in [-0.2, -0.15) is 0 Å². The zero-order valence-electron chi connectivity index (χ0n) is 19.8. The van der Waals surface area contributed by atoms with E-state index in [0.717, 1.165) is 19.6 Å². The molecule has 1 aliphatic heterocycles. The van der Waals surface area contributed by atoms with E-state index in [1.807, 2.05) is 4.90 Å². The molecule has 0 spiro atoms. The molecule has 0 unspecified atom stereocenters. The second-order valence-electron chi connectivity index (χ2n) is 8.03. The number of methoxy groups -OCH3 is 1. The van der Waals surface area contributed by atoms with Gasteiger partial charge in [-0.25, -0.2) is 4.98 Å². The Morgan fingerprint density at radius 1 is 1.20 bits per heavy atom.